The first kappa shape index (κ1) is 12.4. The first-order chi connectivity index (χ1) is 8.69. The van der Waals surface area contributed by atoms with Crippen molar-refractivity contribution in [2.75, 3.05) is 11.4 Å². The third-order valence-corrected chi connectivity index (χ3v) is 2.88. The standard InChI is InChI=1S/C15H16FNO/c1-2-17(14-7-5-13(16)6-8-14)11-12-3-9-15(18)10-4-12/h3-10,18H,2,11H2,1H3. The van der Waals surface area contributed by atoms with E-state index in [-0.39, 0.29) is 11.6 Å². The van der Waals surface area contributed by atoms with Crippen molar-refractivity contribution in [3.8, 4) is 5.75 Å². The fourth-order valence-electron chi connectivity index (χ4n) is 1.86. The van der Waals surface area contributed by atoms with Crippen molar-refractivity contribution in [1.82, 2.24) is 0 Å². The van der Waals surface area contributed by atoms with Crippen LogP contribution in [-0.2, 0) is 6.54 Å². The monoisotopic (exact) mass is 245 g/mol. The Morgan fingerprint density at radius 2 is 1.61 bits per heavy atom. The van der Waals surface area contributed by atoms with E-state index < -0.39 is 0 Å². The number of anilines is 1. The highest BCUT2D eigenvalue weighted by Gasteiger charge is 2.05. The van der Waals surface area contributed by atoms with Crippen molar-refractivity contribution in [3.05, 3.63) is 59.9 Å². The van der Waals surface area contributed by atoms with E-state index in [1.165, 1.54) is 12.1 Å². The lowest BCUT2D eigenvalue weighted by Crippen LogP contribution is -2.21. The molecule has 2 rings (SSSR count). The van der Waals surface area contributed by atoms with E-state index >= 15 is 0 Å². The summed E-state index contributed by atoms with van der Waals surface area (Å²) in [5, 5.41) is 9.24. The third-order valence-electron chi connectivity index (χ3n) is 2.88. The number of phenolic OH excluding ortho intramolecular Hbond substituents is 1. The van der Waals surface area contributed by atoms with E-state index in [0.717, 1.165) is 24.3 Å². The molecule has 0 saturated heterocycles. The van der Waals surface area contributed by atoms with Crippen molar-refractivity contribution < 1.29 is 9.50 Å². The van der Waals surface area contributed by atoms with E-state index in [0.29, 0.717) is 0 Å². The lowest BCUT2D eigenvalue weighted by Gasteiger charge is -2.23. The molecule has 0 bridgehead atoms. The minimum absolute atomic E-state index is 0.223. The second-order valence-corrected chi connectivity index (χ2v) is 4.16. The number of halogens is 1. The SMILES string of the molecule is CCN(Cc1ccc(O)cc1)c1ccc(F)cc1. The van der Waals surface area contributed by atoms with Gasteiger partial charge in [0.2, 0.25) is 0 Å². The van der Waals surface area contributed by atoms with Gasteiger partial charge in [0.1, 0.15) is 11.6 Å². The van der Waals surface area contributed by atoms with Gasteiger partial charge in [-0.3, -0.25) is 0 Å². The van der Waals surface area contributed by atoms with Crippen LogP contribution in [0.4, 0.5) is 10.1 Å². The Balaban J connectivity index is 2.14. The average molecular weight is 245 g/mol. The molecule has 0 aromatic heterocycles. The molecule has 2 aromatic rings. The van der Waals surface area contributed by atoms with E-state index in [1.54, 1.807) is 24.3 Å². The second-order valence-electron chi connectivity index (χ2n) is 4.16. The number of rotatable bonds is 4. The quantitative estimate of drug-likeness (QED) is 0.890. The predicted octanol–water partition coefficient (Wildman–Crippen LogP) is 3.56. The Morgan fingerprint density at radius 1 is 1.00 bits per heavy atom. The molecule has 0 spiro atoms. The average Bonchev–Trinajstić information content (AvgIpc) is 2.39. The van der Waals surface area contributed by atoms with E-state index in [4.69, 9.17) is 0 Å². The maximum Gasteiger partial charge on any atom is 0.123 e. The van der Waals surface area contributed by atoms with Gasteiger partial charge in [0, 0.05) is 18.8 Å². The minimum Gasteiger partial charge on any atom is -0.508 e. The van der Waals surface area contributed by atoms with Crippen LogP contribution >= 0.6 is 0 Å². The molecule has 18 heavy (non-hydrogen) atoms. The molecule has 0 saturated carbocycles. The highest BCUT2D eigenvalue weighted by molar-refractivity contribution is 5.47. The highest BCUT2D eigenvalue weighted by atomic mass is 19.1. The van der Waals surface area contributed by atoms with Crippen LogP contribution in [0.25, 0.3) is 0 Å². The number of hydrogen-bond acceptors (Lipinski definition) is 2. The van der Waals surface area contributed by atoms with Gasteiger partial charge in [-0.05, 0) is 48.9 Å². The smallest absolute Gasteiger partial charge is 0.123 e. The van der Waals surface area contributed by atoms with Crippen molar-refractivity contribution in [2.24, 2.45) is 0 Å². The molecule has 0 fully saturated rings. The van der Waals surface area contributed by atoms with Gasteiger partial charge >= 0.3 is 0 Å². The van der Waals surface area contributed by atoms with Gasteiger partial charge in [-0.1, -0.05) is 12.1 Å². The summed E-state index contributed by atoms with van der Waals surface area (Å²) in [7, 11) is 0. The van der Waals surface area contributed by atoms with Gasteiger partial charge in [-0.25, -0.2) is 4.39 Å². The van der Waals surface area contributed by atoms with Crippen LogP contribution in [0.5, 0.6) is 5.75 Å². The third kappa shape index (κ3) is 3.00. The summed E-state index contributed by atoms with van der Waals surface area (Å²) in [4.78, 5) is 2.14. The Morgan fingerprint density at radius 3 is 2.17 bits per heavy atom. The summed E-state index contributed by atoms with van der Waals surface area (Å²) in [5.41, 5.74) is 2.10. The maximum absolute atomic E-state index is 12.9. The van der Waals surface area contributed by atoms with Crippen LogP contribution in [0, 0.1) is 5.82 Å². The topological polar surface area (TPSA) is 23.5 Å². The Kier molecular flexibility index (Phi) is 3.82. The van der Waals surface area contributed by atoms with Gasteiger partial charge in [0.25, 0.3) is 0 Å². The summed E-state index contributed by atoms with van der Waals surface area (Å²) in [6.45, 7) is 3.64. The largest absolute Gasteiger partial charge is 0.508 e. The van der Waals surface area contributed by atoms with Crippen LogP contribution in [0.1, 0.15) is 12.5 Å². The second kappa shape index (κ2) is 5.54. The molecule has 0 heterocycles. The van der Waals surface area contributed by atoms with E-state index in [2.05, 4.69) is 11.8 Å². The molecule has 0 aliphatic carbocycles. The summed E-state index contributed by atoms with van der Waals surface area (Å²) >= 11 is 0. The zero-order valence-corrected chi connectivity index (χ0v) is 10.3. The van der Waals surface area contributed by atoms with Gasteiger partial charge in [-0.15, -0.1) is 0 Å². The van der Waals surface area contributed by atoms with Gasteiger partial charge in [0.15, 0.2) is 0 Å². The lowest BCUT2D eigenvalue weighted by molar-refractivity contribution is 0.475. The summed E-state index contributed by atoms with van der Waals surface area (Å²) < 4.78 is 12.9. The van der Waals surface area contributed by atoms with Gasteiger partial charge in [-0.2, -0.15) is 0 Å². The predicted molar refractivity (Wildman–Crippen MR) is 71.2 cm³/mol. The molecule has 2 nitrogen and oxygen atoms in total. The summed E-state index contributed by atoms with van der Waals surface area (Å²) in [6, 6.07) is 13.6. The zero-order chi connectivity index (χ0) is 13.0. The lowest BCUT2D eigenvalue weighted by atomic mass is 10.2. The molecular weight excluding hydrogens is 229 g/mol. The van der Waals surface area contributed by atoms with Crippen LogP contribution in [0.15, 0.2) is 48.5 Å². The Hall–Kier alpha value is -2.03. The Bertz CT molecular complexity index is 493. The van der Waals surface area contributed by atoms with E-state index in [9.17, 15) is 9.50 Å². The van der Waals surface area contributed by atoms with Crippen LogP contribution in [0.2, 0.25) is 0 Å². The molecular formula is C15H16FNO. The zero-order valence-electron chi connectivity index (χ0n) is 10.3. The summed E-state index contributed by atoms with van der Waals surface area (Å²) in [6.07, 6.45) is 0. The van der Waals surface area contributed by atoms with Crippen LogP contribution in [-0.4, -0.2) is 11.7 Å². The molecule has 0 aliphatic rings. The number of phenols is 1. The van der Waals surface area contributed by atoms with Crippen molar-refractivity contribution in [2.45, 2.75) is 13.5 Å². The van der Waals surface area contributed by atoms with Crippen molar-refractivity contribution in [3.63, 3.8) is 0 Å². The molecule has 0 radical (unpaired) electrons. The molecule has 0 unspecified atom stereocenters. The van der Waals surface area contributed by atoms with Crippen LogP contribution in [0.3, 0.4) is 0 Å². The summed E-state index contributed by atoms with van der Waals surface area (Å²) in [5.74, 6) is 0.0445. The molecule has 0 aliphatic heterocycles. The molecule has 94 valence electrons. The first-order valence-corrected chi connectivity index (χ1v) is 5.97. The van der Waals surface area contributed by atoms with Crippen molar-refractivity contribution >= 4 is 5.69 Å². The number of hydrogen-bond donors (Lipinski definition) is 1. The van der Waals surface area contributed by atoms with Gasteiger partial charge in [0.05, 0.1) is 0 Å². The minimum atomic E-state index is -0.223. The number of nitrogens with zero attached hydrogens (tertiary/aromatic N) is 1. The highest BCUT2D eigenvalue weighted by Crippen LogP contribution is 2.18. The molecule has 3 heteroatoms. The molecule has 0 amide bonds. The van der Waals surface area contributed by atoms with Crippen molar-refractivity contribution in [1.29, 1.82) is 0 Å². The fourth-order valence-corrected chi connectivity index (χ4v) is 1.86. The number of aromatic hydroxyl groups is 1. The van der Waals surface area contributed by atoms with Crippen LogP contribution < -0.4 is 4.90 Å². The van der Waals surface area contributed by atoms with E-state index in [1.807, 2.05) is 12.1 Å². The normalized spacial score (nSPS) is 10.3. The first-order valence-electron chi connectivity index (χ1n) is 5.97. The van der Waals surface area contributed by atoms with Gasteiger partial charge < -0.3 is 10.0 Å². The Labute approximate surface area is 106 Å². The fraction of sp³-hybridized carbons (Fsp3) is 0.200. The molecule has 0 atom stereocenters. The maximum atomic E-state index is 12.9. The molecule has 1 N–H and O–H groups in total. The number of benzene rings is 2. The molecule has 2 aromatic carbocycles.